The molecule has 0 bridgehead atoms. The molecule has 0 saturated carbocycles. The minimum Gasteiger partial charge on any atom is -0.342 e. The van der Waals surface area contributed by atoms with E-state index >= 15 is 0 Å². The van der Waals surface area contributed by atoms with Gasteiger partial charge >= 0.3 is 0 Å². The molecule has 112 valence electrons. The Bertz CT molecular complexity index is 684. The number of fused-ring (bicyclic) bond motifs is 1. The highest BCUT2D eigenvalue weighted by atomic mass is 16.1. The molecule has 1 fully saturated rings. The topological polar surface area (TPSA) is 57.3 Å². The van der Waals surface area contributed by atoms with Gasteiger partial charge in [-0.05, 0) is 24.6 Å². The Hall–Kier alpha value is -2.40. The van der Waals surface area contributed by atoms with Crippen molar-refractivity contribution in [1.82, 2.24) is 10.3 Å². The average molecular weight is 294 g/mol. The second-order valence-corrected chi connectivity index (χ2v) is 5.78. The third-order valence-electron chi connectivity index (χ3n) is 4.38. The van der Waals surface area contributed by atoms with Crippen LogP contribution in [-0.2, 0) is 4.79 Å². The Morgan fingerprint density at radius 2 is 2.09 bits per heavy atom. The summed E-state index contributed by atoms with van der Waals surface area (Å²) in [5.74, 6) is 0.788. The Morgan fingerprint density at radius 1 is 1.27 bits per heavy atom. The molecular weight excluding hydrogens is 276 g/mol. The smallest absolute Gasteiger partial charge is 0.162 e. The van der Waals surface area contributed by atoms with E-state index in [9.17, 15) is 4.79 Å². The zero-order valence-electron chi connectivity index (χ0n) is 12.2. The summed E-state index contributed by atoms with van der Waals surface area (Å²) in [5, 5.41) is 6.57. The van der Waals surface area contributed by atoms with Crippen molar-refractivity contribution in [3.8, 4) is 11.1 Å². The number of nitrogens with one attached hydrogen (secondary N) is 2. The number of aldehydes is 1. The van der Waals surface area contributed by atoms with Gasteiger partial charge in [0.15, 0.2) is 18.3 Å². The average Bonchev–Trinajstić information content (AvgIpc) is 2.88. The lowest BCUT2D eigenvalue weighted by Crippen LogP contribution is -2.52. The highest BCUT2D eigenvalue weighted by Crippen LogP contribution is 2.35. The van der Waals surface area contributed by atoms with E-state index in [2.05, 4.69) is 38.7 Å². The Balaban J connectivity index is 1.68. The van der Waals surface area contributed by atoms with Crippen LogP contribution in [0.5, 0.6) is 0 Å². The summed E-state index contributed by atoms with van der Waals surface area (Å²) in [6.45, 7) is 1.89. The van der Waals surface area contributed by atoms with Crippen molar-refractivity contribution < 1.29 is 4.79 Å². The fourth-order valence-corrected chi connectivity index (χ4v) is 3.00. The number of benzene rings is 1. The van der Waals surface area contributed by atoms with E-state index < -0.39 is 0 Å². The van der Waals surface area contributed by atoms with Crippen molar-refractivity contribution in [2.45, 2.75) is 18.6 Å². The number of hydrogen-bond donors (Lipinski definition) is 2. The summed E-state index contributed by atoms with van der Waals surface area (Å²) >= 11 is 0. The molecule has 0 radical (unpaired) electrons. The maximum Gasteiger partial charge on any atom is 0.162 e. The lowest BCUT2D eigenvalue weighted by Gasteiger charge is -2.34. The molecule has 0 amide bonds. The number of pyridine rings is 1. The molecule has 2 aliphatic heterocycles. The van der Waals surface area contributed by atoms with E-state index in [1.54, 1.807) is 0 Å². The number of anilines is 2. The second kappa shape index (κ2) is 5.42. The van der Waals surface area contributed by atoms with Crippen LogP contribution in [0.3, 0.4) is 0 Å². The quantitative estimate of drug-likeness (QED) is 0.843. The Morgan fingerprint density at radius 3 is 2.77 bits per heavy atom. The van der Waals surface area contributed by atoms with Crippen molar-refractivity contribution >= 4 is 17.8 Å². The predicted octanol–water partition coefficient (Wildman–Crippen LogP) is 1.87. The molecular formula is C17H18N4O. The third-order valence-corrected chi connectivity index (χ3v) is 4.38. The summed E-state index contributed by atoms with van der Waals surface area (Å²) in [5.41, 5.74) is 3.21. The number of rotatable bonds is 4. The molecule has 5 heteroatoms. The molecule has 4 rings (SSSR count). The molecule has 0 spiro atoms. The number of nitrogens with zero attached hydrogens (tertiary/aromatic N) is 2. The van der Waals surface area contributed by atoms with E-state index in [4.69, 9.17) is 0 Å². The van der Waals surface area contributed by atoms with Gasteiger partial charge in [0.05, 0.1) is 5.69 Å². The van der Waals surface area contributed by atoms with Crippen molar-refractivity contribution in [1.29, 1.82) is 0 Å². The Labute approximate surface area is 129 Å². The van der Waals surface area contributed by atoms with Gasteiger partial charge in [-0.1, -0.05) is 30.3 Å². The highest BCUT2D eigenvalue weighted by Gasteiger charge is 2.32. The number of aromatic nitrogens is 1. The highest BCUT2D eigenvalue weighted by molar-refractivity contribution is 5.85. The van der Waals surface area contributed by atoms with Gasteiger partial charge in [-0.3, -0.25) is 4.79 Å². The fourth-order valence-electron chi connectivity index (χ4n) is 3.00. The first-order valence-electron chi connectivity index (χ1n) is 7.62. The van der Waals surface area contributed by atoms with Crippen LogP contribution in [0, 0.1) is 0 Å². The van der Waals surface area contributed by atoms with Gasteiger partial charge in [-0.15, -0.1) is 0 Å². The predicted molar refractivity (Wildman–Crippen MR) is 86.9 cm³/mol. The van der Waals surface area contributed by atoms with E-state index in [0.29, 0.717) is 6.04 Å². The third kappa shape index (κ3) is 2.23. The van der Waals surface area contributed by atoms with Crippen LogP contribution in [0.2, 0.25) is 0 Å². The van der Waals surface area contributed by atoms with Crippen molar-refractivity contribution in [3.05, 3.63) is 42.6 Å². The lowest BCUT2D eigenvalue weighted by atomic mass is 10.1. The number of carbonyl (C=O) groups excluding carboxylic acids is 1. The van der Waals surface area contributed by atoms with Crippen LogP contribution in [0.15, 0.2) is 42.6 Å². The molecule has 2 N–H and O–H groups in total. The summed E-state index contributed by atoms with van der Waals surface area (Å²) in [6.07, 6.45) is 3.63. The molecule has 1 aromatic heterocycles. The standard InChI is InChI=1S/C17H18N4O/c22-11-16-20-17-15(21(16)10-14-6-7-18-14)8-13(9-19-17)12-4-2-1-3-5-12/h1-5,8-9,11,14,16,18H,6-7,10H2,(H,19,20). The van der Waals surface area contributed by atoms with Crippen LogP contribution < -0.4 is 15.5 Å². The Kier molecular flexibility index (Phi) is 3.27. The fraction of sp³-hybridized carbons (Fsp3) is 0.294. The van der Waals surface area contributed by atoms with Crippen LogP contribution in [-0.4, -0.2) is 36.6 Å². The largest absolute Gasteiger partial charge is 0.342 e. The van der Waals surface area contributed by atoms with Crippen LogP contribution in [0.25, 0.3) is 11.1 Å². The second-order valence-electron chi connectivity index (χ2n) is 5.78. The first kappa shape index (κ1) is 13.3. The summed E-state index contributed by atoms with van der Waals surface area (Å²) in [7, 11) is 0. The van der Waals surface area contributed by atoms with Crippen LogP contribution in [0.4, 0.5) is 11.5 Å². The summed E-state index contributed by atoms with van der Waals surface area (Å²) in [6, 6.07) is 12.8. The molecule has 2 aliphatic rings. The normalized spacial score (nSPS) is 22.6. The maximum atomic E-state index is 11.4. The van der Waals surface area contributed by atoms with E-state index in [0.717, 1.165) is 48.4 Å². The zero-order valence-corrected chi connectivity index (χ0v) is 12.2. The van der Waals surface area contributed by atoms with Gasteiger partial charge < -0.3 is 15.5 Å². The van der Waals surface area contributed by atoms with Gasteiger partial charge in [-0.2, -0.15) is 0 Å². The molecule has 22 heavy (non-hydrogen) atoms. The maximum absolute atomic E-state index is 11.4. The first-order valence-corrected chi connectivity index (χ1v) is 7.62. The number of carbonyl (C=O) groups is 1. The molecule has 1 saturated heterocycles. The minimum atomic E-state index is -0.323. The molecule has 3 heterocycles. The van der Waals surface area contributed by atoms with Crippen molar-refractivity contribution in [2.75, 3.05) is 23.3 Å². The van der Waals surface area contributed by atoms with Gasteiger partial charge in [-0.25, -0.2) is 4.98 Å². The van der Waals surface area contributed by atoms with Gasteiger partial charge in [0, 0.05) is 24.3 Å². The monoisotopic (exact) mass is 294 g/mol. The lowest BCUT2D eigenvalue weighted by molar-refractivity contribution is -0.108. The molecule has 5 nitrogen and oxygen atoms in total. The van der Waals surface area contributed by atoms with Gasteiger partial charge in [0.25, 0.3) is 0 Å². The molecule has 1 aromatic carbocycles. The van der Waals surface area contributed by atoms with E-state index in [1.165, 1.54) is 0 Å². The molecule has 2 unspecified atom stereocenters. The summed E-state index contributed by atoms with van der Waals surface area (Å²) < 4.78 is 0. The van der Waals surface area contributed by atoms with Crippen LogP contribution >= 0.6 is 0 Å². The first-order chi connectivity index (χ1) is 10.8. The van der Waals surface area contributed by atoms with Crippen LogP contribution in [0.1, 0.15) is 6.42 Å². The van der Waals surface area contributed by atoms with E-state index in [-0.39, 0.29) is 6.17 Å². The zero-order chi connectivity index (χ0) is 14.9. The SMILES string of the molecule is O=CC1Nc2ncc(-c3ccccc3)cc2N1CC1CCN1. The molecule has 2 atom stereocenters. The molecule has 0 aliphatic carbocycles. The number of hydrogen-bond acceptors (Lipinski definition) is 5. The van der Waals surface area contributed by atoms with Crippen molar-refractivity contribution in [3.63, 3.8) is 0 Å². The summed E-state index contributed by atoms with van der Waals surface area (Å²) in [4.78, 5) is 18.0. The van der Waals surface area contributed by atoms with Gasteiger partial charge in [0.1, 0.15) is 0 Å². The minimum absolute atomic E-state index is 0.323. The van der Waals surface area contributed by atoms with E-state index in [1.807, 2.05) is 24.4 Å². The van der Waals surface area contributed by atoms with Gasteiger partial charge in [0.2, 0.25) is 0 Å². The van der Waals surface area contributed by atoms with Crippen molar-refractivity contribution in [2.24, 2.45) is 0 Å². The molecule has 2 aromatic rings.